The minimum absolute atomic E-state index is 0.205. The molecule has 2 atom stereocenters. The Morgan fingerprint density at radius 1 is 0.933 bits per heavy atom. The number of aromatic nitrogens is 1. The molecular weight excluding hydrogens is 637 g/mol. The van der Waals surface area contributed by atoms with Crippen molar-refractivity contribution in [2.75, 3.05) is 34.4 Å². The zero-order chi connectivity index (χ0) is 32.2. The van der Waals surface area contributed by atoms with E-state index >= 15 is 0 Å². The van der Waals surface area contributed by atoms with Gasteiger partial charge in [0.2, 0.25) is 0 Å². The topological polar surface area (TPSA) is 108 Å². The van der Waals surface area contributed by atoms with Gasteiger partial charge in [-0.1, -0.05) is 59.6 Å². The van der Waals surface area contributed by atoms with Crippen molar-refractivity contribution in [1.82, 2.24) is 15.6 Å². The second-order valence-corrected chi connectivity index (χ2v) is 11.9. The van der Waals surface area contributed by atoms with E-state index in [-0.39, 0.29) is 12.4 Å². The SMILES string of the molecule is CNCCCOC(=O)C(NCc1ccc(C(=O)O[C@@H](Cc2c(Cl)cncc2Cl)c2ccc(OC)c(OC)c2)s1)c1ccccc1. The fourth-order valence-electron chi connectivity index (χ4n) is 4.56. The molecule has 0 amide bonds. The van der Waals surface area contributed by atoms with Crippen LogP contribution in [0.5, 0.6) is 11.5 Å². The molecule has 238 valence electrons. The summed E-state index contributed by atoms with van der Waals surface area (Å²) >= 11 is 14.1. The second-order valence-electron chi connectivity index (χ2n) is 9.91. The lowest BCUT2D eigenvalue weighted by Gasteiger charge is -2.20. The zero-order valence-corrected chi connectivity index (χ0v) is 27.5. The molecule has 0 radical (unpaired) electrons. The van der Waals surface area contributed by atoms with Crippen molar-refractivity contribution in [2.45, 2.75) is 31.5 Å². The van der Waals surface area contributed by atoms with Crippen molar-refractivity contribution in [3.8, 4) is 11.5 Å². The van der Waals surface area contributed by atoms with E-state index in [0.717, 1.165) is 17.0 Å². The van der Waals surface area contributed by atoms with Gasteiger partial charge in [0, 0.05) is 30.2 Å². The Morgan fingerprint density at radius 3 is 2.36 bits per heavy atom. The number of carbonyl (C=O) groups excluding carboxylic acids is 2. The Kier molecular flexibility index (Phi) is 13.0. The highest BCUT2D eigenvalue weighted by molar-refractivity contribution is 7.13. The van der Waals surface area contributed by atoms with Crippen LogP contribution in [0.2, 0.25) is 10.0 Å². The standard InChI is InChI=1S/C33H35Cl2N3O6S/c1-36-14-7-15-43-33(40)31(21-8-5-4-6-9-21)38-18-23-11-13-30(45-23)32(39)44-28(17-24-25(34)19-37-20-26(24)35)22-10-12-27(41-2)29(16-22)42-3/h4-6,8-13,16,19-20,28,31,36,38H,7,14-15,17-18H2,1-3H3/t28-,31?/m0/s1. The van der Waals surface area contributed by atoms with Crippen LogP contribution in [-0.4, -0.2) is 51.3 Å². The first-order valence-corrected chi connectivity index (χ1v) is 15.8. The molecular formula is C33H35Cl2N3O6S. The number of ether oxygens (including phenoxy) is 4. The van der Waals surface area contributed by atoms with Gasteiger partial charge in [0.25, 0.3) is 0 Å². The fraction of sp³-hybridized carbons (Fsp3) is 0.303. The molecule has 0 aliphatic rings. The lowest BCUT2D eigenvalue weighted by molar-refractivity contribution is -0.146. The lowest BCUT2D eigenvalue weighted by Crippen LogP contribution is -2.30. The first-order chi connectivity index (χ1) is 21.8. The van der Waals surface area contributed by atoms with E-state index in [1.54, 1.807) is 31.4 Å². The highest BCUT2D eigenvalue weighted by Crippen LogP contribution is 2.36. The van der Waals surface area contributed by atoms with E-state index in [0.29, 0.717) is 57.1 Å². The van der Waals surface area contributed by atoms with Gasteiger partial charge in [-0.25, -0.2) is 9.59 Å². The van der Waals surface area contributed by atoms with Crippen LogP contribution in [0, 0.1) is 0 Å². The quantitative estimate of drug-likeness (QED) is 0.101. The molecule has 0 fully saturated rings. The van der Waals surface area contributed by atoms with Gasteiger partial charge in [-0.2, -0.15) is 0 Å². The van der Waals surface area contributed by atoms with Crippen LogP contribution in [0.1, 0.15) is 49.8 Å². The van der Waals surface area contributed by atoms with E-state index < -0.39 is 18.1 Å². The van der Waals surface area contributed by atoms with Gasteiger partial charge in [-0.3, -0.25) is 10.3 Å². The van der Waals surface area contributed by atoms with E-state index in [2.05, 4.69) is 15.6 Å². The number of benzene rings is 2. The van der Waals surface area contributed by atoms with Crippen LogP contribution in [-0.2, 0) is 27.2 Å². The van der Waals surface area contributed by atoms with Crippen molar-refractivity contribution in [2.24, 2.45) is 0 Å². The fourth-order valence-corrected chi connectivity index (χ4v) is 5.92. The number of nitrogens with zero attached hydrogens (tertiary/aromatic N) is 1. The van der Waals surface area contributed by atoms with Gasteiger partial charge in [0.15, 0.2) is 11.5 Å². The Balaban J connectivity index is 1.50. The summed E-state index contributed by atoms with van der Waals surface area (Å²) in [5.41, 5.74) is 2.06. The summed E-state index contributed by atoms with van der Waals surface area (Å²) in [5.74, 6) is 0.147. The first-order valence-electron chi connectivity index (χ1n) is 14.2. The molecule has 12 heteroatoms. The van der Waals surface area contributed by atoms with Gasteiger partial charge in [0.05, 0.1) is 30.9 Å². The van der Waals surface area contributed by atoms with Crippen LogP contribution in [0.4, 0.5) is 0 Å². The summed E-state index contributed by atoms with van der Waals surface area (Å²) in [6.45, 7) is 1.40. The van der Waals surface area contributed by atoms with E-state index in [1.807, 2.05) is 43.4 Å². The molecule has 0 bridgehead atoms. The van der Waals surface area contributed by atoms with Crippen molar-refractivity contribution >= 4 is 46.5 Å². The maximum atomic E-state index is 13.5. The normalized spacial score (nSPS) is 12.3. The summed E-state index contributed by atoms with van der Waals surface area (Å²) in [5, 5.41) is 7.05. The largest absolute Gasteiger partial charge is 0.493 e. The molecule has 0 saturated carbocycles. The van der Waals surface area contributed by atoms with Crippen LogP contribution in [0.3, 0.4) is 0 Å². The van der Waals surface area contributed by atoms with Crippen molar-refractivity contribution in [3.63, 3.8) is 0 Å². The van der Waals surface area contributed by atoms with E-state index in [9.17, 15) is 9.59 Å². The number of rotatable bonds is 16. The molecule has 2 heterocycles. The highest BCUT2D eigenvalue weighted by atomic mass is 35.5. The number of halogens is 2. The minimum Gasteiger partial charge on any atom is -0.493 e. The number of thiophene rings is 1. The van der Waals surface area contributed by atoms with Gasteiger partial charge >= 0.3 is 11.9 Å². The molecule has 0 spiro atoms. The molecule has 0 aliphatic carbocycles. The predicted octanol–water partition coefficient (Wildman–Crippen LogP) is 6.59. The second kappa shape index (κ2) is 17.1. The van der Waals surface area contributed by atoms with Gasteiger partial charge in [-0.15, -0.1) is 11.3 Å². The van der Waals surface area contributed by atoms with Crippen molar-refractivity contribution in [3.05, 3.63) is 110 Å². The number of carbonyl (C=O) groups is 2. The maximum absolute atomic E-state index is 13.5. The monoisotopic (exact) mass is 671 g/mol. The average Bonchev–Trinajstić information content (AvgIpc) is 3.54. The van der Waals surface area contributed by atoms with Gasteiger partial charge < -0.3 is 24.3 Å². The lowest BCUT2D eigenvalue weighted by atomic mass is 10.0. The average molecular weight is 673 g/mol. The molecule has 1 unspecified atom stereocenters. The van der Waals surface area contributed by atoms with Crippen LogP contribution < -0.4 is 20.1 Å². The summed E-state index contributed by atoms with van der Waals surface area (Å²) in [7, 11) is 4.93. The molecule has 0 aliphatic heterocycles. The molecule has 2 aromatic heterocycles. The van der Waals surface area contributed by atoms with E-state index in [4.69, 9.17) is 42.1 Å². The molecule has 4 rings (SSSR count). The molecule has 9 nitrogen and oxygen atoms in total. The maximum Gasteiger partial charge on any atom is 0.348 e. The molecule has 2 N–H and O–H groups in total. The van der Waals surface area contributed by atoms with Gasteiger partial charge in [-0.05, 0) is 61.0 Å². The minimum atomic E-state index is -0.751. The molecule has 0 saturated heterocycles. The molecule has 2 aromatic carbocycles. The van der Waals surface area contributed by atoms with E-state index in [1.165, 1.54) is 30.8 Å². The summed E-state index contributed by atoms with van der Waals surface area (Å²) < 4.78 is 22.4. The summed E-state index contributed by atoms with van der Waals surface area (Å²) in [4.78, 5) is 31.7. The third-order valence-electron chi connectivity index (χ3n) is 6.90. The number of pyridine rings is 1. The van der Waals surface area contributed by atoms with Crippen molar-refractivity contribution < 1.29 is 28.5 Å². The summed E-state index contributed by atoms with van der Waals surface area (Å²) in [6, 6.07) is 17.6. The number of hydrogen-bond acceptors (Lipinski definition) is 10. The third kappa shape index (κ3) is 9.42. The Hall–Kier alpha value is -3.67. The summed E-state index contributed by atoms with van der Waals surface area (Å²) in [6.07, 6.45) is 3.16. The predicted molar refractivity (Wildman–Crippen MR) is 176 cm³/mol. The van der Waals surface area contributed by atoms with Crippen LogP contribution >= 0.6 is 34.5 Å². The number of nitrogens with one attached hydrogen (secondary N) is 2. The molecule has 4 aromatic rings. The Labute approximate surface area is 276 Å². The third-order valence-corrected chi connectivity index (χ3v) is 8.61. The molecule has 45 heavy (non-hydrogen) atoms. The smallest absolute Gasteiger partial charge is 0.348 e. The number of hydrogen-bond donors (Lipinski definition) is 2. The first kappa shape index (κ1) is 34.2. The number of esters is 2. The zero-order valence-electron chi connectivity index (χ0n) is 25.2. The Morgan fingerprint density at radius 2 is 1.67 bits per heavy atom. The van der Waals surface area contributed by atoms with Crippen molar-refractivity contribution in [1.29, 1.82) is 0 Å². The van der Waals surface area contributed by atoms with Gasteiger partial charge in [0.1, 0.15) is 17.0 Å². The Bertz CT molecular complexity index is 1550. The highest BCUT2D eigenvalue weighted by Gasteiger charge is 2.25. The number of methoxy groups -OCH3 is 2. The van der Waals surface area contributed by atoms with Crippen LogP contribution in [0.15, 0.2) is 73.1 Å². The van der Waals surface area contributed by atoms with Crippen LogP contribution in [0.25, 0.3) is 0 Å².